The van der Waals surface area contributed by atoms with Crippen molar-refractivity contribution < 1.29 is 24.5 Å². The van der Waals surface area contributed by atoms with E-state index >= 15 is 0 Å². The van der Waals surface area contributed by atoms with Crippen LogP contribution in [-0.4, -0.2) is 35.0 Å². The van der Waals surface area contributed by atoms with Crippen LogP contribution in [0.25, 0.3) is 0 Å². The van der Waals surface area contributed by atoms with Crippen LogP contribution in [0.2, 0.25) is 0 Å². The molecule has 0 spiro atoms. The zero-order chi connectivity index (χ0) is 14.5. The fraction of sp³-hybridized carbons (Fsp3) is 0.533. The smallest absolute Gasteiger partial charge is 0.339 e. The second kappa shape index (κ2) is 6.61. The fourth-order valence-corrected chi connectivity index (χ4v) is 2.29. The van der Waals surface area contributed by atoms with Crippen LogP contribution in [0.3, 0.4) is 0 Å². The molecule has 0 radical (unpaired) electrons. The Balaban J connectivity index is 2.19. The number of rotatable bonds is 6. The summed E-state index contributed by atoms with van der Waals surface area (Å²) in [4.78, 5) is 11.2. The van der Waals surface area contributed by atoms with Gasteiger partial charge in [0.15, 0.2) is 0 Å². The Morgan fingerprint density at radius 2 is 2.20 bits per heavy atom. The van der Waals surface area contributed by atoms with Crippen LogP contribution in [0, 0.1) is 0 Å². The first-order valence-corrected chi connectivity index (χ1v) is 6.96. The van der Waals surface area contributed by atoms with Crippen LogP contribution in [0.5, 0.6) is 11.5 Å². The van der Waals surface area contributed by atoms with Gasteiger partial charge in [0.05, 0.1) is 12.7 Å². The van der Waals surface area contributed by atoms with E-state index in [1.807, 2.05) is 6.92 Å². The summed E-state index contributed by atoms with van der Waals surface area (Å²) in [6.45, 7) is 2.57. The van der Waals surface area contributed by atoms with Crippen molar-refractivity contribution in [2.45, 2.75) is 44.8 Å². The third-order valence-corrected chi connectivity index (χ3v) is 3.35. The van der Waals surface area contributed by atoms with Gasteiger partial charge in [-0.1, -0.05) is 6.92 Å². The summed E-state index contributed by atoms with van der Waals surface area (Å²) in [6, 6.07) is 4.69. The van der Waals surface area contributed by atoms with E-state index in [1.54, 1.807) is 12.1 Å². The van der Waals surface area contributed by atoms with E-state index in [-0.39, 0.29) is 17.4 Å². The minimum Gasteiger partial charge on any atom is -0.493 e. The molecule has 5 nitrogen and oxygen atoms in total. The van der Waals surface area contributed by atoms with Gasteiger partial charge in [-0.3, -0.25) is 0 Å². The topological polar surface area (TPSA) is 76.0 Å². The van der Waals surface area contributed by atoms with Crippen LogP contribution in [0.15, 0.2) is 18.2 Å². The summed E-state index contributed by atoms with van der Waals surface area (Å²) >= 11 is 0. The normalized spacial score (nSPS) is 21.7. The highest BCUT2D eigenvalue weighted by Crippen LogP contribution is 2.30. The van der Waals surface area contributed by atoms with Crippen LogP contribution in [0.4, 0.5) is 0 Å². The average molecular weight is 280 g/mol. The Labute approximate surface area is 118 Å². The lowest BCUT2D eigenvalue weighted by atomic mass is 10.2. The summed E-state index contributed by atoms with van der Waals surface area (Å²) in [7, 11) is 0. The fourth-order valence-electron chi connectivity index (χ4n) is 2.29. The van der Waals surface area contributed by atoms with Crippen molar-refractivity contribution in [2.75, 3.05) is 6.61 Å². The standard InChI is InChI=1S/C15H20O5/c1-2-8-19-10-6-7-11(15(17)18)14(9-10)20-13-5-3-4-12(13)16/h6-7,9,12-13,16H,2-5,8H2,1H3,(H,17,18). The van der Waals surface area contributed by atoms with E-state index < -0.39 is 12.1 Å². The van der Waals surface area contributed by atoms with Gasteiger partial charge in [0, 0.05) is 6.07 Å². The van der Waals surface area contributed by atoms with E-state index in [2.05, 4.69) is 0 Å². The van der Waals surface area contributed by atoms with Crippen LogP contribution in [0.1, 0.15) is 43.0 Å². The zero-order valence-electron chi connectivity index (χ0n) is 11.5. The number of aromatic carboxylic acids is 1. The van der Waals surface area contributed by atoms with Crippen molar-refractivity contribution in [1.82, 2.24) is 0 Å². The van der Waals surface area contributed by atoms with Crippen molar-refractivity contribution in [2.24, 2.45) is 0 Å². The molecule has 2 atom stereocenters. The molecule has 0 amide bonds. The second-order valence-corrected chi connectivity index (χ2v) is 4.97. The van der Waals surface area contributed by atoms with Crippen LogP contribution >= 0.6 is 0 Å². The molecule has 5 heteroatoms. The molecule has 20 heavy (non-hydrogen) atoms. The molecule has 2 rings (SSSR count). The highest BCUT2D eigenvalue weighted by molar-refractivity contribution is 5.91. The Morgan fingerprint density at radius 3 is 2.80 bits per heavy atom. The molecular weight excluding hydrogens is 260 g/mol. The number of ether oxygens (including phenoxy) is 2. The minimum absolute atomic E-state index is 0.0907. The highest BCUT2D eigenvalue weighted by Gasteiger charge is 2.28. The number of carbonyl (C=O) groups is 1. The molecule has 0 aromatic heterocycles. The van der Waals surface area contributed by atoms with Crippen molar-refractivity contribution >= 4 is 5.97 Å². The van der Waals surface area contributed by atoms with E-state index in [0.717, 1.165) is 19.3 Å². The molecule has 1 aliphatic carbocycles. The maximum Gasteiger partial charge on any atom is 0.339 e. The third-order valence-electron chi connectivity index (χ3n) is 3.35. The molecule has 0 saturated heterocycles. The first-order chi connectivity index (χ1) is 9.61. The molecule has 1 aromatic carbocycles. The summed E-state index contributed by atoms with van der Waals surface area (Å²) in [5.74, 6) is -0.203. The van der Waals surface area contributed by atoms with E-state index in [0.29, 0.717) is 18.8 Å². The summed E-state index contributed by atoms with van der Waals surface area (Å²) in [5.41, 5.74) is 0.0907. The van der Waals surface area contributed by atoms with E-state index in [1.165, 1.54) is 6.07 Å². The molecule has 110 valence electrons. The first kappa shape index (κ1) is 14.7. The largest absolute Gasteiger partial charge is 0.493 e. The molecule has 0 heterocycles. The number of aliphatic hydroxyl groups excluding tert-OH is 1. The number of hydrogen-bond donors (Lipinski definition) is 2. The summed E-state index contributed by atoms with van der Waals surface area (Å²) in [5, 5.41) is 19.0. The van der Waals surface area contributed by atoms with Crippen molar-refractivity contribution in [3.63, 3.8) is 0 Å². The maximum absolute atomic E-state index is 11.2. The summed E-state index contributed by atoms with van der Waals surface area (Å²) < 4.78 is 11.2. The number of hydrogen-bond acceptors (Lipinski definition) is 4. The molecule has 1 fully saturated rings. The van der Waals surface area contributed by atoms with E-state index in [4.69, 9.17) is 9.47 Å². The first-order valence-electron chi connectivity index (χ1n) is 6.96. The molecule has 1 aromatic rings. The predicted octanol–water partition coefficient (Wildman–Crippen LogP) is 2.47. The van der Waals surface area contributed by atoms with Crippen LogP contribution in [-0.2, 0) is 0 Å². The third kappa shape index (κ3) is 3.42. The lowest BCUT2D eigenvalue weighted by Crippen LogP contribution is -2.26. The Hall–Kier alpha value is -1.75. The Kier molecular flexibility index (Phi) is 4.84. The maximum atomic E-state index is 11.2. The molecule has 1 saturated carbocycles. The van der Waals surface area contributed by atoms with Gasteiger partial charge in [0.1, 0.15) is 23.2 Å². The van der Waals surface area contributed by atoms with Gasteiger partial charge in [-0.25, -0.2) is 4.79 Å². The Morgan fingerprint density at radius 1 is 1.40 bits per heavy atom. The van der Waals surface area contributed by atoms with Gasteiger partial charge >= 0.3 is 5.97 Å². The molecular formula is C15H20O5. The van der Waals surface area contributed by atoms with Crippen molar-refractivity contribution in [1.29, 1.82) is 0 Å². The minimum atomic E-state index is -1.05. The SMILES string of the molecule is CCCOc1ccc(C(=O)O)c(OC2CCCC2O)c1. The molecule has 1 aliphatic rings. The number of carboxylic acids is 1. The molecule has 2 N–H and O–H groups in total. The monoisotopic (exact) mass is 280 g/mol. The van der Waals surface area contributed by atoms with Gasteiger partial charge in [0.2, 0.25) is 0 Å². The highest BCUT2D eigenvalue weighted by atomic mass is 16.5. The zero-order valence-corrected chi connectivity index (χ0v) is 11.5. The van der Waals surface area contributed by atoms with Crippen molar-refractivity contribution in [3.05, 3.63) is 23.8 Å². The lowest BCUT2D eigenvalue weighted by Gasteiger charge is -2.19. The van der Waals surface area contributed by atoms with Crippen molar-refractivity contribution in [3.8, 4) is 11.5 Å². The second-order valence-electron chi connectivity index (χ2n) is 4.97. The molecule has 0 bridgehead atoms. The van der Waals surface area contributed by atoms with Gasteiger partial charge in [-0.2, -0.15) is 0 Å². The van der Waals surface area contributed by atoms with Gasteiger partial charge < -0.3 is 19.7 Å². The average Bonchev–Trinajstić information content (AvgIpc) is 2.82. The molecule has 0 aliphatic heterocycles. The lowest BCUT2D eigenvalue weighted by molar-refractivity contribution is 0.0558. The number of carboxylic acid groups (broad SMARTS) is 1. The Bertz CT molecular complexity index is 471. The quantitative estimate of drug-likeness (QED) is 0.837. The number of benzene rings is 1. The number of aliphatic hydroxyl groups is 1. The van der Waals surface area contributed by atoms with Gasteiger partial charge in [-0.15, -0.1) is 0 Å². The van der Waals surface area contributed by atoms with Gasteiger partial charge in [0.25, 0.3) is 0 Å². The predicted molar refractivity (Wildman–Crippen MR) is 73.5 cm³/mol. The molecule has 2 unspecified atom stereocenters. The summed E-state index contributed by atoms with van der Waals surface area (Å²) in [6.07, 6.45) is 2.32. The van der Waals surface area contributed by atoms with Gasteiger partial charge in [-0.05, 0) is 37.8 Å². The van der Waals surface area contributed by atoms with Crippen LogP contribution < -0.4 is 9.47 Å². The van der Waals surface area contributed by atoms with E-state index in [9.17, 15) is 15.0 Å².